The molecule has 26 heavy (non-hydrogen) atoms. The van der Waals surface area contributed by atoms with Crippen molar-refractivity contribution in [3.05, 3.63) is 45.4 Å². The van der Waals surface area contributed by atoms with Crippen LogP contribution in [0.1, 0.15) is 39.3 Å². The van der Waals surface area contributed by atoms with E-state index in [9.17, 15) is 4.79 Å². The summed E-state index contributed by atoms with van der Waals surface area (Å²) in [5.74, 6) is 0.921. The van der Waals surface area contributed by atoms with Gasteiger partial charge in [0.2, 0.25) is 0 Å². The van der Waals surface area contributed by atoms with Gasteiger partial charge in [-0.15, -0.1) is 11.3 Å². The minimum atomic E-state index is 0.112. The number of aromatic nitrogens is 1. The van der Waals surface area contributed by atoms with Crippen molar-refractivity contribution >= 4 is 17.2 Å². The molecule has 0 unspecified atom stereocenters. The van der Waals surface area contributed by atoms with Crippen molar-refractivity contribution in [3.8, 4) is 5.75 Å². The van der Waals surface area contributed by atoms with Crippen LogP contribution in [0.15, 0.2) is 24.3 Å². The van der Waals surface area contributed by atoms with Gasteiger partial charge in [0.15, 0.2) is 0 Å². The molecule has 0 radical (unpaired) electrons. The summed E-state index contributed by atoms with van der Waals surface area (Å²) in [5, 5.41) is 1.24. The number of piperazine rings is 1. The molecule has 0 saturated carbocycles. The maximum Gasteiger partial charge on any atom is 0.253 e. The minimum Gasteiger partial charge on any atom is -0.494 e. The van der Waals surface area contributed by atoms with Gasteiger partial charge in [-0.25, -0.2) is 4.98 Å². The second kappa shape index (κ2) is 7.76. The molecule has 1 aromatic carbocycles. The molecule has 1 saturated heterocycles. The molecule has 1 aromatic heterocycles. The van der Waals surface area contributed by atoms with Crippen LogP contribution in [-0.4, -0.2) is 53.5 Å². The number of hydrogen-bond acceptors (Lipinski definition) is 5. The average Bonchev–Trinajstić information content (AvgIpc) is 3.24. The summed E-state index contributed by atoms with van der Waals surface area (Å²) in [5.41, 5.74) is 2.06. The number of rotatable bonds is 5. The summed E-state index contributed by atoms with van der Waals surface area (Å²) < 4.78 is 5.44. The number of carbonyl (C=O) groups excluding carboxylic acids is 1. The van der Waals surface area contributed by atoms with E-state index < -0.39 is 0 Å². The van der Waals surface area contributed by atoms with Gasteiger partial charge < -0.3 is 9.64 Å². The molecule has 2 aromatic rings. The highest BCUT2D eigenvalue weighted by Gasteiger charge is 2.24. The van der Waals surface area contributed by atoms with E-state index in [1.807, 2.05) is 47.4 Å². The van der Waals surface area contributed by atoms with Gasteiger partial charge >= 0.3 is 0 Å². The molecular formula is C20H25N3O2S. The van der Waals surface area contributed by atoms with Gasteiger partial charge in [0.25, 0.3) is 5.91 Å². The van der Waals surface area contributed by atoms with Crippen LogP contribution in [0.4, 0.5) is 0 Å². The Kier molecular flexibility index (Phi) is 5.22. The molecule has 2 aliphatic rings. The van der Waals surface area contributed by atoms with Gasteiger partial charge in [0.1, 0.15) is 10.8 Å². The summed E-state index contributed by atoms with van der Waals surface area (Å²) >= 11 is 1.88. The van der Waals surface area contributed by atoms with Gasteiger partial charge in [-0.1, -0.05) is 0 Å². The summed E-state index contributed by atoms with van der Waals surface area (Å²) in [6, 6.07) is 7.46. The zero-order valence-corrected chi connectivity index (χ0v) is 16.1. The van der Waals surface area contributed by atoms with E-state index in [1.165, 1.54) is 28.4 Å². The molecule has 1 fully saturated rings. The number of hydrogen-bond donors (Lipinski definition) is 0. The van der Waals surface area contributed by atoms with Crippen molar-refractivity contribution in [2.24, 2.45) is 0 Å². The SMILES string of the molecule is CCOc1ccc(C(=O)N2CCN(Cc3nc4c(s3)CCC4)CC2)cc1. The normalized spacial score (nSPS) is 17.3. The number of fused-ring (bicyclic) bond motifs is 1. The summed E-state index contributed by atoms with van der Waals surface area (Å²) in [6.45, 7) is 6.88. The smallest absolute Gasteiger partial charge is 0.253 e. The van der Waals surface area contributed by atoms with Crippen LogP contribution in [-0.2, 0) is 19.4 Å². The highest BCUT2D eigenvalue weighted by atomic mass is 32.1. The van der Waals surface area contributed by atoms with Crippen molar-refractivity contribution in [2.45, 2.75) is 32.7 Å². The fourth-order valence-corrected chi connectivity index (χ4v) is 4.85. The summed E-state index contributed by atoms with van der Waals surface area (Å²) in [6.07, 6.45) is 3.62. The lowest BCUT2D eigenvalue weighted by Gasteiger charge is -2.34. The Labute approximate surface area is 158 Å². The molecule has 0 atom stereocenters. The number of nitrogens with zero attached hydrogens (tertiary/aromatic N) is 3. The Morgan fingerprint density at radius 3 is 2.62 bits per heavy atom. The van der Waals surface area contributed by atoms with E-state index in [2.05, 4.69) is 4.90 Å². The highest BCUT2D eigenvalue weighted by Crippen LogP contribution is 2.28. The summed E-state index contributed by atoms with van der Waals surface area (Å²) in [7, 11) is 0. The van der Waals surface area contributed by atoms with E-state index in [4.69, 9.17) is 9.72 Å². The maximum atomic E-state index is 12.7. The first-order valence-corrected chi connectivity index (χ1v) is 10.3. The van der Waals surface area contributed by atoms with E-state index in [-0.39, 0.29) is 5.91 Å². The second-order valence-electron chi connectivity index (χ2n) is 6.86. The third-order valence-electron chi connectivity index (χ3n) is 5.07. The quantitative estimate of drug-likeness (QED) is 0.811. The van der Waals surface area contributed by atoms with Crippen molar-refractivity contribution in [1.82, 2.24) is 14.8 Å². The Bertz CT molecular complexity index is 742. The van der Waals surface area contributed by atoms with Gasteiger partial charge in [-0.2, -0.15) is 0 Å². The molecule has 4 rings (SSSR count). The van der Waals surface area contributed by atoms with Crippen LogP contribution in [0.25, 0.3) is 0 Å². The molecule has 0 N–H and O–H groups in total. The van der Waals surface area contributed by atoms with Crippen molar-refractivity contribution in [1.29, 1.82) is 0 Å². The summed E-state index contributed by atoms with van der Waals surface area (Å²) in [4.78, 5) is 23.3. The number of ether oxygens (including phenoxy) is 1. The Morgan fingerprint density at radius 2 is 1.92 bits per heavy atom. The second-order valence-corrected chi connectivity index (χ2v) is 8.02. The molecule has 1 amide bonds. The molecule has 5 nitrogen and oxygen atoms in total. The van der Waals surface area contributed by atoms with E-state index >= 15 is 0 Å². The minimum absolute atomic E-state index is 0.112. The first-order valence-electron chi connectivity index (χ1n) is 9.45. The average molecular weight is 372 g/mol. The topological polar surface area (TPSA) is 45.7 Å². The van der Waals surface area contributed by atoms with Crippen LogP contribution < -0.4 is 4.74 Å². The van der Waals surface area contributed by atoms with E-state index in [0.717, 1.165) is 50.5 Å². The van der Waals surface area contributed by atoms with Gasteiger partial charge in [0, 0.05) is 36.6 Å². The van der Waals surface area contributed by atoms with Crippen molar-refractivity contribution in [2.75, 3.05) is 32.8 Å². The van der Waals surface area contributed by atoms with E-state index in [0.29, 0.717) is 6.61 Å². The van der Waals surface area contributed by atoms with Crippen LogP contribution >= 0.6 is 11.3 Å². The van der Waals surface area contributed by atoms with Crippen molar-refractivity contribution in [3.63, 3.8) is 0 Å². The van der Waals surface area contributed by atoms with Gasteiger partial charge in [0.05, 0.1) is 18.8 Å². The zero-order chi connectivity index (χ0) is 17.9. The van der Waals surface area contributed by atoms with Crippen molar-refractivity contribution < 1.29 is 9.53 Å². The monoisotopic (exact) mass is 371 g/mol. The third kappa shape index (κ3) is 3.76. The van der Waals surface area contributed by atoms with Crippen LogP contribution in [0, 0.1) is 0 Å². The maximum absolute atomic E-state index is 12.7. The number of thiazole rings is 1. The van der Waals surface area contributed by atoms with Crippen LogP contribution in [0.3, 0.4) is 0 Å². The Morgan fingerprint density at radius 1 is 1.15 bits per heavy atom. The Balaban J connectivity index is 1.30. The lowest BCUT2D eigenvalue weighted by Crippen LogP contribution is -2.48. The lowest BCUT2D eigenvalue weighted by molar-refractivity contribution is 0.0628. The standard InChI is InChI=1S/C20H25N3O2S/c1-2-25-16-8-6-15(7-9-16)20(24)23-12-10-22(11-13-23)14-19-21-17-4-3-5-18(17)26-19/h6-9H,2-5,10-14H2,1H3. The predicted octanol–water partition coefficient (Wildman–Crippen LogP) is 2.99. The number of benzene rings is 1. The fraction of sp³-hybridized carbons (Fsp3) is 0.500. The molecule has 2 heterocycles. The van der Waals surface area contributed by atoms with E-state index in [1.54, 1.807) is 0 Å². The molecule has 138 valence electrons. The predicted molar refractivity (Wildman–Crippen MR) is 103 cm³/mol. The van der Waals surface area contributed by atoms with Crippen LogP contribution in [0.2, 0.25) is 0 Å². The molecule has 0 bridgehead atoms. The number of aryl methyl sites for hydroxylation is 2. The van der Waals surface area contributed by atoms with Gasteiger partial charge in [-0.05, 0) is 50.5 Å². The first-order chi connectivity index (χ1) is 12.7. The number of carbonyl (C=O) groups is 1. The highest BCUT2D eigenvalue weighted by molar-refractivity contribution is 7.11. The first kappa shape index (κ1) is 17.5. The lowest BCUT2D eigenvalue weighted by atomic mass is 10.1. The molecule has 1 aliphatic heterocycles. The Hall–Kier alpha value is -1.92. The molecule has 6 heteroatoms. The molecule has 0 spiro atoms. The van der Waals surface area contributed by atoms with Crippen LogP contribution in [0.5, 0.6) is 5.75 Å². The van der Waals surface area contributed by atoms with Gasteiger partial charge in [-0.3, -0.25) is 9.69 Å². The fourth-order valence-electron chi connectivity index (χ4n) is 3.65. The molecular weight excluding hydrogens is 346 g/mol. The molecule has 1 aliphatic carbocycles. The third-order valence-corrected chi connectivity index (χ3v) is 6.21. The zero-order valence-electron chi connectivity index (χ0n) is 15.2. The number of amides is 1. The largest absolute Gasteiger partial charge is 0.494 e.